The predicted octanol–water partition coefficient (Wildman–Crippen LogP) is 4.30. The Bertz CT molecular complexity index is 1070. The van der Waals surface area contributed by atoms with Crippen molar-refractivity contribution in [2.24, 2.45) is 0 Å². The van der Waals surface area contributed by atoms with Crippen molar-refractivity contribution in [3.63, 3.8) is 0 Å². The third-order valence-corrected chi connectivity index (χ3v) is 4.52. The minimum Gasteiger partial charge on any atom is -0.482 e. The van der Waals surface area contributed by atoms with Crippen LogP contribution in [0.2, 0.25) is 0 Å². The quantitative estimate of drug-likeness (QED) is 0.526. The van der Waals surface area contributed by atoms with Crippen molar-refractivity contribution < 1.29 is 19.1 Å². The van der Waals surface area contributed by atoms with Gasteiger partial charge in [0, 0.05) is 25.8 Å². The van der Waals surface area contributed by atoms with E-state index >= 15 is 0 Å². The highest BCUT2D eigenvalue weighted by molar-refractivity contribution is 5.94. The van der Waals surface area contributed by atoms with Gasteiger partial charge in [0.2, 0.25) is 5.91 Å². The lowest BCUT2D eigenvalue weighted by atomic mass is 10.2. The Morgan fingerprint density at radius 3 is 2.41 bits per heavy atom. The van der Waals surface area contributed by atoms with Crippen LogP contribution in [-0.4, -0.2) is 44.0 Å². The molecule has 166 valence electrons. The first kappa shape index (κ1) is 22.7. The SMILES string of the molecule is Cc1ccc(NCC(=O)Nc2cccc(Oc3ccccc3)c2)c(OCC(=O)N(C)C)c1. The third kappa shape index (κ3) is 6.77. The van der Waals surface area contributed by atoms with E-state index in [0.717, 1.165) is 11.3 Å². The van der Waals surface area contributed by atoms with Gasteiger partial charge in [-0.05, 0) is 48.9 Å². The van der Waals surface area contributed by atoms with E-state index in [-0.39, 0.29) is 25.0 Å². The molecule has 0 aliphatic carbocycles. The zero-order chi connectivity index (χ0) is 22.9. The van der Waals surface area contributed by atoms with Gasteiger partial charge in [0.1, 0.15) is 17.2 Å². The Hall–Kier alpha value is -4.00. The van der Waals surface area contributed by atoms with E-state index in [0.29, 0.717) is 22.9 Å². The molecule has 3 aromatic rings. The summed E-state index contributed by atoms with van der Waals surface area (Å²) in [6.07, 6.45) is 0. The number of anilines is 2. The molecule has 3 aromatic carbocycles. The standard InChI is InChI=1S/C25H27N3O4/c1-18-12-13-22(23(14-18)31-17-25(30)28(2)3)26-16-24(29)27-19-8-7-11-21(15-19)32-20-9-5-4-6-10-20/h4-15,26H,16-17H2,1-3H3,(H,27,29). The summed E-state index contributed by atoms with van der Waals surface area (Å²) in [5.74, 6) is 1.50. The van der Waals surface area contributed by atoms with Gasteiger partial charge in [0.05, 0.1) is 12.2 Å². The van der Waals surface area contributed by atoms with Crippen LogP contribution in [0, 0.1) is 6.92 Å². The molecule has 0 atom stereocenters. The Morgan fingerprint density at radius 2 is 1.66 bits per heavy atom. The lowest BCUT2D eigenvalue weighted by Crippen LogP contribution is -2.28. The highest BCUT2D eigenvalue weighted by Crippen LogP contribution is 2.26. The number of ether oxygens (including phenoxy) is 2. The van der Waals surface area contributed by atoms with Crippen molar-refractivity contribution in [3.8, 4) is 17.2 Å². The van der Waals surface area contributed by atoms with Gasteiger partial charge in [0.25, 0.3) is 5.91 Å². The average molecular weight is 434 g/mol. The first-order valence-electron chi connectivity index (χ1n) is 10.2. The van der Waals surface area contributed by atoms with Gasteiger partial charge in [-0.15, -0.1) is 0 Å². The van der Waals surface area contributed by atoms with Crippen LogP contribution in [0.1, 0.15) is 5.56 Å². The smallest absolute Gasteiger partial charge is 0.259 e. The van der Waals surface area contributed by atoms with Crippen LogP contribution >= 0.6 is 0 Å². The second-order valence-electron chi connectivity index (χ2n) is 7.42. The summed E-state index contributed by atoms with van der Waals surface area (Å²) in [6, 6.07) is 22.2. The molecule has 0 radical (unpaired) electrons. The average Bonchev–Trinajstić information content (AvgIpc) is 2.77. The van der Waals surface area contributed by atoms with Crippen LogP contribution in [0.3, 0.4) is 0 Å². The number of benzene rings is 3. The summed E-state index contributed by atoms with van der Waals surface area (Å²) in [6.45, 7) is 1.89. The number of carbonyl (C=O) groups is 2. The lowest BCUT2D eigenvalue weighted by Gasteiger charge is -2.16. The van der Waals surface area contributed by atoms with Gasteiger partial charge >= 0.3 is 0 Å². The number of hydrogen-bond donors (Lipinski definition) is 2. The molecule has 3 rings (SSSR count). The summed E-state index contributed by atoms with van der Waals surface area (Å²) in [5.41, 5.74) is 2.25. The van der Waals surface area contributed by atoms with E-state index < -0.39 is 0 Å². The highest BCUT2D eigenvalue weighted by Gasteiger charge is 2.11. The van der Waals surface area contributed by atoms with E-state index in [4.69, 9.17) is 9.47 Å². The maximum atomic E-state index is 12.5. The van der Waals surface area contributed by atoms with Crippen molar-refractivity contribution >= 4 is 23.2 Å². The van der Waals surface area contributed by atoms with E-state index in [1.54, 1.807) is 26.2 Å². The molecule has 0 aromatic heterocycles. The molecule has 32 heavy (non-hydrogen) atoms. The van der Waals surface area contributed by atoms with Crippen molar-refractivity contribution in [3.05, 3.63) is 78.4 Å². The Kier molecular flexibility index (Phi) is 7.70. The molecule has 7 heteroatoms. The number of carbonyl (C=O) groups excluding carboxylic acids is 2. The number of para-hydroxylation sites is 1. The van der Waals surface area contributed by atoms with E-state index in [9.17, 15) is 9.59 Å². The second kappa shape index (κ2) is 10.9. The van der Waals surface area contributed by atoms with E-state index in [1.807, 2.05) is 67.6 Å². The highest BCUT2D eigenvalue weighted by atomic mass is 16.5. The topological polar surface area (TPSA) is 79.9 Å². The molecule has 0 fully saturated rings. The Labute approximate surface area is 188 Å². The van der Waals surface area contributed by atoms with Crippen molar-refractivity contribution in [1.29, 1.82) is 0 Å². The molecule has 7 nitrogen and oxygen atoms in total. The predicted molar refractivity (Wildman–Crippen MR) is 125 cm³/mol. The monoisotopic (exact) mass is 433 g/mol. The maximum absolute atomic E-state index is 12.5. The minimum atomic E-state index is -0.224. The van der Waals surface area contributed by atoms with Crippen LogP contribution in [0.5, 0.6) is 17.2 Å². The number of rotatable bonds is 9. The van der Waals surface area contributed by atoms with E-state index in [2.05, 4.69) is 10.6 Å². The van der Waals surface area contributed by atoms with Gasteiger partial charge in [0.15, 0.2) is 6.61 Å². The maximum Gasteiger partial charge on any atom is 0.259 e. The number of nitrogens with zero attached hydrogens (tertiary/aromatic N) is 1. The zero-order valence-electron chi connectivity index (χ0n) is 18.4. The number of hydrogen-bond acceptors (Lipinski definition) is 5. The van der Waals surface area contributed by atoms with Gasteiger partial charge in [-0.2, -0.15) is 0 Å². The molecule has 0 heterocycles. The first-order valence-corrected chi connectivity index (χ1v) is 10.2. The largest absolute Gasteiger partial charge is 0.482 e. The Morgan fingerprint density at radius 1 is 0.906 bits per heavy atom. The van der Waals surface area contributed by atoms with Crippen molar-refractivity contribution in [1.82, 2.24) is 4.90 Å². The molecule has 0 unspecified atom stereocenters. The molecular weight excluding hydrogens is 406 g/mol. The first-order chi connectivity index (χ1) is 15.4. The molecule has 0 aliphatic rings. The molecule has 0 bridgehead atoms. The molecule has 0 saturated carbocycles. The molecule has 2 amide bonds. The minimum absolute atomic E-state index is 0.0326. The number of amides is 2. The second-order valence-corrected chi connectivity index (χ2v) is 7.42. The van der Waals surface area contributed by atoms with E-state index in [1.165, 1.54) is 4.90 Å². The summed E-state index contributed by atoms with van der Waals surface area (Å²) in [7, 11) is 3.34. The summed E-state index contributed by atoms with van der Waals surface area (Å²) in [5, 5.41) is 5.93. The van der Waals surface area contributed by atoms with Gasteiger partial charge in [-0.25, -0.2) is 0 Å². The van der Waals surface area contributed by atoms with Crippen LogP contribution in [-0.2, 0) is 9.59 Å². The fourth-order valence-corrected chi connectivity index (χ4v) is 2.81. The van der Waals surface area contributed by atoms with Crippen LogP contribution in [0.15, 0.2) is 72.8 Å². The number of aryl methyl sites for hydroxylation is 1. The zero-order valence-corrected chi connectivity index (χ0v) is 18.4. The molecule has 0 saturated heterocycles. The van der Waals surface area contributed by atoms with Crippen molar-refractivity contribution in [2.45, 2.75) is 6.92 Å². The fraction of sp³-hybridized carbons (Fsp3) is 0.200. The lowest BCUT2D eigenvalue weighted by molar-refractivity contribution is -0.130. The summed E-state index contributed by atoms with van der Waals surface area (Å²) in [4.78, 5) is 25.8. The third-order valence-electron chi connectivity index (χ3n) is 4.52. The summed E-state index contributed by atoms with van der Waals surface area (Å²) >= 11 is 0. The van der Waals surface area contributed by atoms with Crippen molar-refractivity contribution in [2.75, 3.05) is 37.9 Å². The number of nitrogens with one attached hydrogen (secondary N) is 2. The van der Waals surface area contributed by atoms with Crippen LogP contribution in [0.25, 0.3) is 0 Å². The molecular formula is C25H27N3O4. The van der Waals surface area contributed by atoms with Crippen LogP contribution < -0.4 is 20.1 Å². The molecule has 0 spiro atoms. The summed E-state index contributed by atoms with van der Waals surface area (Å²) < 4.78 is 11.5. The number of likely N-dealkylation sites (N-methyl/N-ethyl adjacent to an activating group) is 1. The fourth-order valence-electron chi connectivity index (χ4n) is 2.81. The molecule has 2 N–H and O–H groups in total. The van der Waals surface area contributed by atoms with Crippen LogP contribution in [0.4, 0.5) is 11.4 Å². The normalized spacial score (nSPS) is 10.2. The van der Waals surface area contributed by atoms with Gasteiger partial charge in [-0.3, -0.25) is 9.59 Å². The van der Waals surface area contributed by atoms with Gasteiger partial charge in [-0.1, -0.05) is 30.3 Å². The molecule has 0 aliphatic heterocycles. The Balaban J connectivity index is 1.58. The van der Waals surface area contributed by atoms with Gasteiger partial charge < -0.3 is 25.0 Å².